The third kappa shape index (κ3) is 2.29. The minimum atomic E-state index is -0.266. The highest BCUT2D eigenvalue weighted by Gasteiger charge is 2.29. The van der Waals surface area contributed by atoms with Gasteiger partial charge in [0.2, 0.25) is 0 Å². The van der Waals surface area contributed by atoms with Crippen molar-refractivity contribution in [2.75, 3.05) is 11.9 Å². The summed E-state index contributed by atoms with van der Waals surface area (Å²) in [7, 11) is 0. The second-order valence-electron chi connectivity index (χ2n) is 4.93. The molecule has 4 nitrogen and oxygen atoms in total. The number of rotatable bonds is 4. The molecule has 0 radical (unpaired) electrons. The lowest BCUT2D eigenvalue weighted by molar-refractivity contribution is 0.164. The molecular formula is C14H17N3O. The second kappa shape index (κ2) is 4.53. The van der Waals surface area contributed by atoms with Crippen LogP contribution in [-0.4, -0.2) is 27.7 Å². The zero-order valence-corrected chi connectivity index (χ0v) is 10.4. The number of para-hydroxylation sites is 2. The van der Waals surface area contributed by atoms with Crippen molar-refractivity contribution in [3.63, 3.8) is 0 Å². The summed E-state index contributed by atoms with van der Waals surface area (Å²) in [6.45, 7) is 2.49. The highest BCUT2D eigenvalue weighted by molar-refractivity contribution is 5.76. The SMILES string of the molecule is Cc1nc2ccccc2nc1NCC(O)C1CC1. The first-order chi connectivity index (χ1) is 8.74. The van der Waals surface area contributed by atoms with E-state index in [1.807, 2.05) is 31.2 Å². The van der Waals surface area contributed by atoms with Crippen molar-refractivity contribution in [1.29, 1.82) is 0 Å². The normalized spacial score (nSPS) is 16.8. The Morgan fingerprint density at radius 2 is 1.94 bits per heavy atom. The molecule has 1 aromatic carbocycles. The van der Waals surface area contributed by atoms with Crippen molar-refractivity contribution in [3.05, 3.63) is 30.0 Å². The van der Waals surface area contributed by atoms with E-state index in [1.165, 1.54) is 0 Å². The average molecular weight is 243 g/mol. The maximum Gasteiger partial charge on any atom is 0.148 e. The molecule has 18 heavy (non-hydrogen) atoms. The van der Waals surface area contributed by atoms with Crippen LogP contribution >= 0.6 is 0 Å². The summed E-state index contributed by atoms with van der Waals surface area (Å²) >= 11 is 0. The highest BCUT2D eigenvalue weighted by Crippen LogP contribution is 2.32. The Hall–Kier alpha value is -1.68. The van der Waals surface area contributed by atoms with Gasteiger partial charge in [-0.15, -0.1) is 0 Å². The molecule has 1 saturated carbocycles. The summed E-state index contributed by atoms with van der Waals surface area (Å²) in [5.74, 6) is 1.25. The topological polar surface area (TPSA) is 58.0 Å². The van der Waals surface area contributed by atoms with Crippen LogP contribution in [0.4, 0.5) is 5.82 Å². The summed E-state index contributed by atoms with van der Waals surface area (Å²) in [5.41, 5.74) is 2.66. The Morgan fingerprint density at radius 3 is 2.61 bits per heavy atom. The van der Waals surface area contributed by atoms with E-state index in [-0.39, 0.29) is 6.10 Å². The number of benzene rings is 1. The first-order valence-corrected chi connectivity index (χ1v) is 6.39. The van der Waals surface area contributed by atoms with Gasteiger partial charge >= 0.3 is 0 Å². The minimum Gasteiger partial charge on any atom is -0.391 e. The van der Waals surface area contributed by atoms with E-state index < -0.39 is 0 Å². The lowest BCUT2D eigenvalue weighted by atomic mass is 10.2. The van der Waals surface area contributed by atoms with E-state index in [9.17, 15) is 5.11 Å². The summed E-state index contributed by atoms with van der Waals surface area (Å²) in [5, 5.41) is 13.0. The van der Waals surface area contributed by atoms with E-state index in [0.717, 1.165) is 35.4 Å². The molecular weight excluding hydrogens is 226 g/mol. The van der Waals surface area contributed by atoms with Crippen LogP contribution in [0.5, 0.6) is 0 Å². The summed E-state index contributed by atoms with van der Waals surface area (Å²) in [6.07, 6.45) is 2.02. The molecule has 0 bridgehead atoms. The molecule has 1 fully saturated rings. The highest BCUT2D eigenvalue weighted by atomic mass is 16.3. The maximum absolute atomic E-state index is 9.84. The van der Waals surface area contributed by atoms with Crippen LogP contribution in [0.15, 0.2) is 24.3 Å². The van der Waals surface area contributed by atoms with Gasteiger partial charge in [0.25, 0.3) is 0 Å². The lowest BCUT2D eigenvalue weighted by Crippen LogP contribution is -2.22. The molecule has 1 aliphatic carbocycles. The molecule has 1 aromatic heterocycles. The van der Waals surface area contributed by atoms with Crippen LogP contribution in [0.25, 0.3) is 11.0 Å². The smallest absolute Gasteiger partial charge is 0.148 e. The first-order valence-electron chi connectivity index (χ1n) is 6.39. The molecule has 0 aliphatic heterocycles. The fourth-order valence-electron chi connectivity index (χ4n) is 2.10. The zero-order chi connectivity index (χ0) is 12.5. The van der Waals surface area contributed by atoms with Gasteiger partial charge in [0.15, 0.2) is 0 Å². The van der Waals surface area contributed by atoms with Crippen LogP contribution in [0.3, 0.4) is 0 Å². The van der Waals surface area contributed by atoms with E-state index in [0.29, 0.717) is 12.5 Å². The van der Waals surface area contributed by atoms with Crippen molar-refractivity contribution in [1.82, 2.24) is 9.97 Å². The molecule has 3 rings (SSSR count). The Balaban J connectivity index is 1.80. The molecule has 4 heteroatoms. The summed E-state index contributed by atoms with van der Waals surface area (Å²) < 4.78 is 0. The summed E-state index contributed by atoms with van der Waals surface area (Å²) in [6, 6.07) is 7.82. The molecule has 0 saturated heterocycles. The quantitative estimate of drug-likeness (QED) is 0.863. The van der Waals surface area contributed by atoms with Gasteiger partial charge in [0.05, 0.1) is 22.8 Å². The first kappa shape index (κ1) is 11.4. The second-order valence-corrected chi connectivity index (χ2v) is 4.93. The monoisotopic (exact) mass is 243 g/mol. The molecule has 1 atom stereocenters. The van der Waals surface area contributed by atoms with Gasteiger partial charge in [-0.25, -0.2) is 9.97 Å². The van der Waals surface area contributed by atoms with Gasteiger partial charge in [0.1, 0.15) is 5.82 Å². The maximum atomic E-state index is 9.84. The Morgan fingerprint density at radius 1 is 1.28 bits per heavy atom. The van der Waals surface area contributed by atoms with Gasteiger partial charge in [-0.2, -0.15) is 0 Å². The fourth-order valence-corrected chi connectivity index (χ4v) is 2.10. The number of aryl methyl sites for hydroxylation is 1. The molecule has 2 N–H and O–H groups in total. The largest absolute Gasteiger partial charge is 0.391 e. The molecule has 1 heterocycles. The fraction of sp³-hybridized carbons (Fsp3) is 0.429. The van der Waals surface area contributed by atoms with E-state index >= 15 is 0 Å². The van der Waals surface area contributed by atoms with Crippen molar-refractivity contribution in [2.45, 2.75) is 25.9 Å². The standard InChI is InChI=1S/C14H17N3O/c1-9-14(15-8-13(18)10-6-7-10)17-12-5-3-2-4-11(12)16-9/h2-5,10,13,18H,6-8H2,1H3,(H,15,17). The van der Waals surface area contributed by atoms with Crippen molar-refractivity contribution < 1.29 is 5.11 Å². The van der Waals surface area contributed by atoms with Gasteiger partial charge in [-0.05, 0) is 37.8 Å². The average Bonchev–Trinajstić information content (AvgIpc) is 3.20. The molecule has 94 valence electrons. The number of aliphatic hydroxyl groups is 1. The molecule has 1 unspecified atom stereocenters. The van der Waals surface area contributed by atoms with E-state index in [1.54, 1.807) is 0 Å². The number of fused-ring (bicyclic) bond motifs is 1. The molecule has 1 aliphatic rings. The Kier molecular flexibility index (Phi) is 2.88. The lowest BCUT2D eigenvalue weighted by Gasteiger charge is -2.13. The third-order valence-corrected chi connectivity index (χ3v) is 3.39. The number of aromatic nitrogens is 2. The van der Waals surface area contributed by atoms with Gasteiger partial charge < -0.3 is 10.4 Å². The van der Waals surface area contributed by atoms with Crippen LogP contribution in [0.2, 0.25) is 0 Å². The van der Waals surface area contributed by atoms with Crippen LogP contribution in [0.1, 0.15) is 18.5 Å². The Bertz CT molecular complexity index is 566. The van der Waals surface area contributed by atoms with E-state index in [4.69, 9.17) is 0 Å². The predicted molar refractivity (Wildman–Crippen MR) is 71.5 cm³/mol. The van der Waals surface area contributed by atoms with Crippen molar-refractivity contribution >= 4 is 16.9 Å². The van der Waals surface area contributed by atoms with E-state index in [2.05, 4.69) is 15.3 Å². The number of hydrogen-bond donors (Lipinski definition) is 2. The molecule has 0 amide bonds. The van der Waals surface area contributed by atoms with Crippen LogP contribution in [-0.2, 0) is 0 Å². The van der Waals surface area contributed by atoms with Gasteiger partial charge in [-0.3, -0.25) is 0 Å². The van der Waals surface area contributed by atoms with Crippen LogP contribution in [0, 0.1) is 12.8 Å². The zero-order valence-electron chi connectivity index (χ0n) is 10.4. The minimum absolute atomic E-state index is 0.266. The number of nitrogens with zero attached hydrogens (tertiary/aromatic N) is 2. The number of aliphatic hydroxyl groups excluding tert-OH is 1. The van der Waals surface area contributed by atoms with Crippen LogP contribution < -0.4 is 5.32 Å². The van der Waals surface area contributed by atoms with Gasteiger partial charge in [0, 0.05) is 6.54 Å². The van der Waals surface area contributed by atoms with Gasteiger partial charge in [-0.1, -0.05) is 12.1 Å². The molecule has 0 spiro atoms. The number of nitrogens with one attached hydrogen (secondary N) is 1. The molecule has 2 aromatic rings. The Labute approximate surface area is 106 Å². The van der Waals surface area contributed by atoms with Crippen molar-refractivity contribution in [2.24, 2.45) is 5.92 Å². The summed E-state index contributed by atoms with van der Waals surface area (Å²) in [4.78, 5) is 9.05. The predicted octanol–water partition coefficient (Wildman–Crippen LogP) is 2.12. The third-order valence-electron chi connectivity index (χ3n) is 3.39. The van der Waals surface area contributed by atoms with Crippen molar-refractivity contribution in [3.8, 4) is 0 Å². The number of hydrogen-bond acceptors (Lipinski definition) is 4. The number of anilines is 1.